The molecule has 0 amide bonds. The summed E-state index contributed by atoms with van der Waals surface area (Å²) < 4.78 is 2.90. The van der Waals surface area contributed by atoms with Gasteiger partial charge in [-0.05, 0) is 23.6 Å². The predicted octanol–water partition coefficient (Wildman–Crippen LogP) is 1.69. The second-order valence-electron chi connectivity index (χ2n) is 3.75. The van der Waals surface area contributed by atoms with E-state index in [0.717, 1.165) is 10.6 Å². The third kappa shape index (κ3) is 1.67. The van der Waals surface area contributed by atoms with E-state index in [9.17, 15) is 4.79 Å². The van der Waals surface area contributed by atoms with Gasteiger partial charge in [-0.15, -0.1) is 16.4 Å². The first kappa shape index (κ1) is 10.9. The number of aromatic nitrogens is 4. The third-order valence-corrected chi connectivity index (χ3v) is 3.44. The van der Waals surface area contributed by atoms with E-state index in [4.69, 9.17) is 0 Å². The van der Waals surface area contributed by atoms with Gasteiger partial charge in [0.25, 0.3) is 0 Å². The molecule has 0 N–H and O–H groups in total. The van der Waals surface area contributed by atoms with Crippen LogP contribution < -0.4 is 5.69 Å². The zero-order chi connectivity index (χ0) is 12.5. The number of hydrogen-bond acceptors (Lipinski definition) is 4. The van der Waals surface area contributed by atoms with Gasteiger partial charge in [-0.1, -0.05) is 6.07 Å². The second-order valence-corrected chi connectivity index (χ2v) is 4.70. The first-order valence-electron chi connectivity index (χ1n) is 5.37. The lowest BCUT2D eigenvalue weighted by atomic mass is 10.4. The molecule has 3 rings (SSSR count). The van der Waals surface area contributed by atoms with Crippen molar-refractivity contribution >= 4 is 11.3 Å². The van der Waals surface area contributed by atoms with E-state index in [1.165, 1.54) is 4.68 Å². The highest BCUT2D eigenvalue weighted by atomic mass is 32.1. The molecule has 3 aromatic heterocycles. The average Bonchev–Trinajstić information content (AvgIpc) is 3.00. The van der Waals surface area contributed by atoms with Crippen molar-refractivity contribution in [3.8, 4) is 16.4 Å². The first-order chi connectivity index (χ1) is 8.77. The summed E-state index contributed by atoms with van der Waals surface area (Å²) in [4.78, 5) is 17.1. The number of pyridine rings is 1. The zero-order valence-corrected chi connectivity index (χ0v) is 10.5. The molecule has 18 heavy (non-hydrogen) atoms. The van der Waals surface area contributed by atoms with E-state index < -0.39 is 0 Å². The Morgan fingerprint density at radius 1 is 1.28 bits per heavy atom. The van der Waals surface area contributed by atoms with E-state index in [1.807, 2.05) is 23.6 Å². The van der Waals surface area contributed by atoms with Gasteiger partial charge in [-0.2, -0.15) is 0 Å². The van der Waals surface area contributed by atoms with Crippen molar-refractivity contribution in [1.82, 2.24) is 19.3 Å². The number of nitrogens with zero attached hydrogens (tertiary/aromatic N) is 4. The molecule has 3 heterocycles. The smallest absolute Gasteiger partial charge is 0.263 e. The molecule has 0 aromatic carbocycles. The quantitative estimate of drug-likeness (QED) is 0.703. The summed E-state index contributed by atoms with van der Waals surface area (Å²) in [5, 5.41) is 6.24. The highest BCUT2D eigenvalue weighted by Crippen LogP contribution is 2.23. The lowest BCUT2D eigenvalue weighted by molar-refractivity contribution is 0.726. The van der Waals surface area contributed by atoms with Crippen LogP contribution in [-0.4, -0.2) is 19.3 Å². The normalized spacial score (nSPS) is 10.7. The van der Waals surface area contributed by atoms with Gasteiger partial charge in [0, 0.05) is 13.2 Å². The molecule has 90 valence electrons. The van der Waals surface area contributed by atoms with E-state index in [1.54, 1.807) is 41.4 Å². The van der Waals surface area contributed by atoms with Gasteiger partial charge >= 0.3 is 5.69 Å². The molecule has 0 fully saturated rings. The molecule has 5 nitrogen and oxygen atoms in total. The Morgan fingerprint density at radius 3 is 2.83 bits per heavy atom. The molecule has 0 aliphatic rings. The van der Waals surface area contributed by atoms with Crippen molar-refractivity contribution in [2.24, 2.45) is 7.05 Å². The Morgan fingerprint density at radius 2 is 2.17 bits per heavy atom. The van der Waals surface area contributed by atoms with Crippen LogP contribution in [0.1, 0.15) is 0 Å². The molecular formula is C12H10N4OS. The van der Waals surface area contributed by atoms with Crippen LogP contribution >= 0.6 is 11.3 Å². The van der Waals surface area contributed by atoms with Gasteiger partial charge in [-0.3, -0.25) is 4.98 Å². The van der Waals surface area contributed by atoms with Crippen LogP contribution in [0.5, 0.6) is 0 Å². The minimum Gasteiger partial charge on any atom is -0.263 e. The fourth-order valence-electron chi connectivity index (χ4n) is 1.75. The monoisotopic (exact) mass is 258 g/mol. The SMILES string of the molecule is Cn1nc(-c2cccs2)n(-c2cccnc2)c1=O. The van der Waals surface area contributed by atoms with E-state index in [-0.39, 0.29) is 5.69 Å². The Kier molecular flexibility index (Phi) is 2.56. The minimum atomic E-state index is -0.175. The Balaban J connectivity index is 2.29. The topological polar surface area (TPSA) is 52.7 Å². The summed E-state index contributed by atoms with van der Waals surface area (Å²) in [5.41, 5.74) is 0.547. The van der Waals surface area contributed by atoms with Gasteiger partial charge in [0.1, 0.15) is 0 Å². The van der Waals surface area contributed by atoms with Crippen LogP contribution in [0.2, 0.25) is 0 Å². The van der Waals surface area contributed by atoms with Crippen molar-refractivity contribution in [3.63, 3.8) is 0 Å². The maximum atomic E-state index is 12.1. The van der Waals surface area contributed by atoms with Crippen LogP contribution in [0.15, 0.2) is 46.8 Å². The van der Waals surface area contributed by atoms with Crippen LogP contribution in [0.25, 0.3) is 16.4 Å². The molecule has 0 radical (unpaired) electrons. The molecule has 0 bridgehead atoms. The molecular weight excluding hydrogens is 248 g/mol. The fraction of sp³-hybridized carbons (Fsp3) is 0.0833. The average molecular weight is 258 g/mol. The Hall–Kier alpha value is -2.21. The Bertz CT molecular complexity index is 712. The van der Waals surface area contributed by atoms with Gasteiger partial charge in [0.15, 0.2) is 5.82 Å². The van der Waals surface area contributed by atoms with Gasteiger partial charge in [-0.25, -0.2) is 14.0 Å². The maximum absolute atomic E-state index is 12.1. The van der Waals surface area contributed by atoms with Gasteiger partial charge < -0.3 is 0 Å². The van der Waals surface area contributed by atoms with Crippen molar-refractivity contribution in [1.29, 1.82) is 0 Å². The van der Waals surface area contributed by atoms with Gasteiger partial charge in [0.05, 0.1) is 16.8 Å². The number of thiophene rings is 1. The molecule has 0 atom stereocenters. The minimum absolute atomic E-state index is 0.175. The zero-order valence-electron chi connectivity index (χ0n) is 9.65. The summed E-state index contributed by atoms with van der Waals surface area (Å²) in [6, 6.07) is 7.52. The molecule has 0 spiro atoms. The Labute approximate surface area is 107 Å². The molecule has 6 heteroatoms. The van der Waals surface area contributed by atoms with Crippen molar-refractivity contribution < 1.29 is 0 Å². The predicted molar refractivity (Wildman–Crippen MR) is 69.9 cm³/mol. The van der Waals surface area contributed by atoms with Crippen LogP contribution in [0, 0.1) is 0 Å². The van der Waals surface area contributed by atoms with Crippen molar-refractivity contribution in [2.45, 2.75) is 0 Å². The maximum Gasteiger partial charge on any atom is 0.350 e. The van der Waals surface area contributed by atoms with Gasteiger partial charge in [0.2, 0.25) is 0 Å². The van der Waals surface area contributed by atoms with Crippen molar-refractivity contribution in [2.75, 3.05) is 0 Å². The standard InChI is InChI=1S/C12H10N4OS/c1-15-12(17)16(9-4-2-6-13-8-9)11(14-15)10-5-3-7-18-10/h2-8H,1H3. The molecule has 0 aliphatic heterocycles. The number of hydrogen-bond donors (Lipinski definition) is 0. The van der Waals surface area contributed by atoms with E-state index >= 15 is 0 Å². The van der Waals surface area contributed by atoms with Crippen molar-refractivity contribution in [3.05, 3.63) is 52.5 Å². The first-order valence-corrected chi connectivity index (χ1v) is 6.25. The summed E-state index contributed by atoms with van der Waals surface area (Å²) in [5.74, 6) is 0.644. The molecule has 0 saturated heterocycles. The summed E-state index contributed by atoms with van der Waals surface area (Å²) in [7, 11) is 1.65. The molecule has 3 aromatic rings. The van der Waals surface area contributed by atoms with E-state index in [0.29, 0.717) is 5.82 Å². The molecule has 0 saturated carbocycles. The highest BCUT2D eigenvalue weighted by molar-refractivity contribution is 7.13. The van der Waals surface area contributed by atoms with Crippen LogP contribution in [0.4, 0.5) is 0 Å². The summed E-state index contributed by atoms with van der Waals surface area (Å²) in [6.45, 7) is 0. The molecule has 0 aliphatic carbocycles. The van der Waals surface area contributed by atoms with Crippen LogP contribution in [-0.2, 0) is 7.05 Å². The third-order valence-electron chi connectivity index (χ3n) is 2.57. The largest absolute Gasteiger partial charge is 0.350 e. The lowest BCUT2D eigenvalue weighted by Gasteiger charge is -2.02. The van der Waals surface area contributed by atoms with Crippen LogP contribution in [0.3, 0.4) is 0 Å². The molecule has 0 unspecified atom stereocenters. The highest BCUT2D eigenvalue weighted by Gasteiger charge is 2.15. The summed E-state index contributed by atoms with van der Waals surface area (Å²) in [6.07, 6.45) is 3.33. The number of rotatable bonds is 2. The lowest BCUT2D eigenvalue weighted by Crippen LogP contribution is -2.21. The fourth-order valence-corrected chi connectivity index (χ4v) is 2.45. The number of aryl methyl sites for hydroxylation is 1. The second kappa shape index (κ2) is 4.23. The van der Waals surface area contributed by atoms with E-state index in [2.05, 4.69) is 10.1 Å². The summed E-state index contributed by atoms with van der Waals surface area (Å²) >= 11 is 1.55.